The van der Waals surface area contributed by atoms with Crippen molar-refractivity contribution in [3.63, 3.8) is 0 Å². The lowest BCUT2D eigenvalue weighted by molar-refractivity contribution is -0.870. The van der Waals surface area contributed by atoms with Crippen LogP contribution >= 0.6 is 7.82 Å². The smallest absolute Gasteiger partial charge is 0.387 e. The zero-order valence-corrected chi connectivity index (χ0v) is 36.7. The summed E-state index contributed by atoms with van der Waals surface area (Å²) < 4.78 is 23.5. The molecular weight excluding hydrogens is 683 g/mol. The van der Waals surface area contributed by atoms with Crippen molar-refractivity contribution in [1.29, 1.82) is 0 Å². The van der Waals surface area contributed by atoms with Gasteiger partial charge in [-0.3, -0.25) is 13.8 Å². The molecule has 1 amide bonds. The van der Waals surface area contributed by atoms with Crippen LogP contribution in [0.4, 0.5) is 0 Å². The molecule has 8 nitrogen and oxygen atoms in total. The standard InChI is InChI=1S/C44H89N2O6P/c1-6-8-10-12-14-16-18-19-20-21-22-23-24-25-26-27-28-29-31-33-35-37-43(47)42(41-52-53(49,50)51-40-39-46(3,4)5)45-44(48)38-36-34-32-30-17-15-13-11-9-7-2/h35,37,42-43,47H,6-34,36,38-41H2,1-5H3,(H-,45,48,49,50)/p+1/b37-35+. The number of likely N-dealkylation sites (N-methyl/N-ethyl adjacent to an activating group) is 1. The van der Waals surface area contributed by atoms with Crippen molar-refractivity contribution in [3.05, 3.63) is 12.2 Å². The van der Waals surface area contributed by atoms with Gasteiger partial charge in [-0.2, -0.15) is 0 Å². The van der Waals surface area contributed by atoms with E-state index in [1.165, 1.54) is 161 Å². The maximum absolute atomic E-state index is 12.8. The molecule has 0 rings (SSSR count). The van der Waals surface area contributed by atoms with Gasteiger partial charge in [-0.25, -0.2) is 4.57 Å². The second-order valence-electron chi connectivity index (χ2n) is 16.8. The highest BCUT2D eigenvalue weighted by Gasteiger charge is 2.27. The number of aliphatic hydroxyl groups is 1. The van der Waals surface area contributed by atoms with E-state index < -0.39 is 20.0 Å². The summed E-state index contributed by atoms with van der Waals surface area (Å²) >= 11 is 0. The molecule has 316 valence electrons. The van der Waals surface area contributed by atoms with Crippen molar-refractivity contribution in [2.24, 2.45) is 0 Å². The molecule has 0 bridgehead atoms. The lowest BCUT2D eigenvalue weighted by atomic mass is 10.0. The zero-order valence-electron chi connectivity index (χ0n) is 35.8. The van der Waals surface area contributed by atoms with E-state index in [4.69, 9.17) is 9.05 Å². The Labute approximate surface area is 329 Å². The Morgan fingerprint density at radius 3 is 1.40 bits per heavy atom. The topological polar surface area (TPSA) is 105 Å². The second-order valence-corrected chi connectivity index (χ2v) is 18.2. The molecule has 0 aliphatic heterocycles. The van der Waals surface area contributed by atoms with Crippen LogP contribution in [0.1, 0.15) is 213 Å². The van der Waals surface area contributed by atoms with Crippen LogP contribution in [-0.4, -0.2) is 73.4 Å². The first kappa shape index (κ1) is 52.2. The molecule has 0 aromatic rings. The number of quaternary nitrogens is 1. The van der Waals surface area contributed by atoms with E-state index in [-0.39, 0.29) is 19.1 Å². The van der Waals surface area contributed by atoms with Crippen molar-refractivity contribution < 1.29 is 32.9 Å². The van der Waals surface area contributed by atoms with Gasteiger partial charge in [0, 0.05) is 6.42 Å². The summed E-state index contributed by atoms with van der Waals surface area (Å²) in [6.07, 6.45) is 41.4. The number of nitrogens with zero attached hydrogens (tertiary/aromatic N) is 1. The summed E-state index contributed by atoms with van der Waals surface area (Å²) in [6, 6.07) is -0.838. The van der Waals surface area contributed by atoms with Gasteiger partial charge in [0.2, 0.25) is 5.91 Å². The highest BCUT2D eigenvalue weighted by Crippen LogP contribution is 2.43. The highest BCUT2D eigenvalue weighted by atomic mass is 31.2. The van der Waals surface area contributed by atoms with Gasteiger partial charge in [-0.1, -0.05) is 199 Å². The van der Waals surface area contributed by atoms with Crippen molar-refractivity contribution in [2.75, 3.05) is 40.9 Å². The lowest BCUT2D eigenvalue weighted by Gasteiger charge is -2.25. The molecule has 0 radical (unpaired) electrons. The fraction of sp³-hybridized carbons (Fsp3) is 0.932. The van der Waals surface area contributed by atoms with Gasteiger partial charge in [0.05, 0.1) is 39.9 Å². The van der Waals surface area contributed by atoms with E-state index in [1.807, 2.05) is 27.2 Å². The maximum Gasteiger partial charge on any atom is 0.472 e. The van der Waals surface area contributed by atoms with Gasteiger partial charge in [0.1, 0.15) is 13.2 Å². The number of phosphoric acid groups is 1. The molecule has 0 aromatic heterocycles. The number of aliphatic hydroxyl groups excluding tert-OH is 1. The fourth-order valence-corrected chi connectivity index (χ4v) is 7.37. The van der Waals surface area contributed by atoms with Gasteiger partial charge < -0.3 is 19.8 Å². The van der Waals surface area contributed by atoms with Gasteiger partial charge >= 0.3 is 7.82 Å². The molecule has 0 saturated heterocycles. The number of allylic oxidation sites excluding steroid dienone is 1. The van der Waals surface area contributed by atoms with Crippen LogP contribution in [-0.2, 0) is 18.4 Å². The molecule has 0 fully saturated rings. The number of amides is 1. The predicted octanol–water partition coefficient (Wildman–Crippen LogP) is 12.4. The third-order valence-electron chi connectivity index (χ3n) is 10.3. The summed E-state index contributed by atoms with van der Waals surface area (Å²) in [4.78, 5) is 23.0. The minimum atomic E-state index is -4.33. The quantitative estimate of drug-likeness (QED) is 0.0247. The molecule has 3 N–H and O–H groups in total. The Balaban J connectivity index is 4.30. The van der Waals surface area contributed by atoms with E-state index in [9.17, 15) is 19.4 Å². The Bertz CT molecular complexity index is 880. The Hall–Kier alpha value is -0.760. The van der Waals surface area contributed by atoms with E-state index in [0.29, 0.717) is 17.4 Å². The zero-order chi connectivity index (χ0) is 39.3. The van der Waals surface area contributed by atoms with Crippen LogP contribution in [0, 0.1) is 0 Å². The Morgan fingerprint density at radius 2 is 1.00 bits per heavy atom. The second kappa shape index (κ2) is 36.9. The molecule has 9 heteroatoms. The molecule has 3 unspecified atom stereocenters. The SMILES string of the molecule is CCCCCCCCCCCCCCCCCCCCC/C=C/C(O)C(COP(=O)(O)OCC[N+](C)(C)C)NC(=O)CCCCCCCCCCCC. The minimum absolute atomic E-state index is 0.0644. The molecule has 0 heterocycles. The van der Waals surface area contributed by atoms with E-state index in [0.717, 1.165) is 32.1 Å². The summed E-state index contributed by atoms with van der Waals surface area (Å²) in [7, 11) is 1.58. The molecule has 3 atom stereocenters. The minimum Gasteiger partial charge on any atom is -0.387 e. The van der Waals surface area contributed by atoms with Gasteiger partial charge in [0.25, 0.3) is 0 Å². The molecule has 0 aliphatic rings. The number of nitrogens with one attached hydrogen (secondary N) is 1. The number of rotatable bonds is 41. The van der Waals surface area contributed by atoms with Crippen LogP contribution in [0.15, 0.2) is 12.2 Å². The van der Waals surface area contributed by atoms with Crippen molar-refractivity contribution in [2.45, 2.75) is 225 Å². The number of hydrogen-bond donors (Lipinski definition) is 3. The third kappa shape index (κ3) is 39.3. The van der Waals surface area contributed by atoms with Crippen molar-refractivity contribution in [3.8, 4) is 0 Å². The number of hydrogen-bond acceptors (Lipinski definition) is 5. The average molecular weight is 774 g/mol. The van der Waals surface area contributed by atoms with E-state index in [2.05, 4.69) is 19.2 Å². The molecular formula is C44H90N2O6P+. The first-order chi connectivity index (χ1) is 25.5. The summed E-state index contributed by atoms with van der Waals surface area (Å²) in [6.45, 7) is 4.81. The molecule has 53 heavy (non-hydrogen) atoms. The number of phosphoric ester groups is 1. The number of carbonyl (C=O) groups is 1. The first-order valence-corrected chi connectivity index (χ1v) is 24.1. The molecule has 0 spiro atoms. The van der Waals surface area contributed by atoms with Gasteiger partial charge in [0.15, 0.2) is 0 Å². The molecule has 0 aliphatic carbocycles. The third-order valence-corrected chi connectivity index (χ3v) is 11.2. The fourth-order valence-electron chi connectivity index (χ4n) is 6.63. The van der Waals surface area contributed by atoms with Crippen LogP contribution in [0.2, 0.25) is 0 Å². The normalized spacial score (nSPS) is 14.5. The van der Waals surface area contributed by atoms with E-state index in [1.54, 1.807) is 6.08 Å². The summed E-state index contributed by atoms with van der Waals surface area (Å²) in [5.74, 6) is -0.178. The predicted molar refractivity (Wildman–Crippen MR) is 226 cm³/mol. The van der Waals surface area contributed by atoms with Crippen LogP contribution in [0.25, 0.3) is 0 Å². The van der Waals surface area contributed by atoms with Crippen LogP contribution < -0.4 is 5.32 Å². The average Bonchev–Trinajstić information content (AvgIpc) is 3.10. The van der Waals surface area contributed by atoms with Crippen molar-refractivity contribution in [1.82, 2.24) is 5.32 Å². The molecule has 0 saturated carbocycles. The van der Waals surface area contributed by atoms with Crippen LogP contribution in [0.3, 0.4) is 0 Å². The van der Waals surface area contributed by atoms with Crippen molar-refractivity contribution >= 4 is 13.7 Å². The first-order valence-electron chi connectivity index (χ1n) is 22.6. The van der Waals surface area contributed by atoms with Crippen LogP contribution in [0.5, 0.6) is 0 Å². The van der Waals surface area contributed by atoms with Gasteiger partial charge in [-0.05, 0) is 19.3 Å². The maximum atomic E-state index is 12.8. The largest absolute Gasteiger partial charge is 0.472 e. The molecule has 0 aromatic carbocycles. The Morgan fingerprint density at radius 1 is 0.623 bits per heavy atom. The Kier molecular flexibility index (Phi) is 36.3. The lowest BCUT2D eigenvalue weighted by Crippen LogP contribution is -2.45. The van der Waals surface area contributed by atoms with E-state index >= 15 is 0 Å². The monoisotopic (exact) mass is 774 g/mol. The summed E-state index contributed by atoms with van der Waals surface area (Å²) in [5.41, 5.74) is 0. The van der Waals surface area contributed by atoms with Gasteiger partial charge in [-0.15, -0.1) is 0 Å². The number of carbonyl (C=O) groups excluding carboxylic acids is 1. The highest BCUT2D eigenvalue weighted by molar-refractivity contribution is 7.47. The number of unbranched alkanes of at least 4 members (excludes halogenated alkanes) is 28. The summed E-state index contributed by atoms with van der Waals surface area (Å²) in [5, 5.41) is 13.8.